The highest BCUT2D eigenvalue weighted by molar-refractivity contribution is 5.94. The Morgan fingerprint density at radius 1 is 0.776 bits per heavy atom. The first-order valence-corrected chi connectivity index (χ1v) is 17.7. The van der Waals surface area contributed by atoms with E-state index in [1.165, 1.54) is 0 Å². The summed E-state index contributed by atoms with van der Waals surface area (Å²) in [6, 6.07) is 13.4. The van der Waals surface area contributed by atoms with Crippen molar-refractivity contribution in [2.45, 2.75) is 144 Å². The Morgan fingerprint density at radius 3 is 1.88 bits per heavy atom. The minimum atomic E-state index is -1.11. The van der Waals surface area contributed by atoms with Crippen molar-refractivity contribution >= 4 is 23.9 Å². The Balaban J connectivity index is 2.74. The van der Waals surface area contributed by atoms with Crippen LogP contribution < -0.4 is 10.6 Å². The second kappa shape index (κ2) is 18.2. The second-order valence-corrected chi connectivity index (χ2v) is 15.6. The molecule has 2 rings (SSSR count). The summed E-state index contributed by atoms with van der Waals surface area (Å²) in [5.74, 6) is -1.38. The molecule has 0 saturated heterocycles. The number of alkyl carbamates (subject to hydrolysis) is 1. The summed E-state index contributed by atoms with van der Waals surface area (Å²) in [6.45, 7) is 22.6. The molecule has 0 aliphatic heterocycles. The molecule has 0 aliphatic rings. The topological polar surface area (TPSA) is 114 Å². The maximum Gasteiger partial charge on any atom is 0.408 e. The molecule has 9 heteroatoms. The fourth-order valence-corrected chi connectivity index (χ4v) is 5.57. The van der Waals surface area contributed by atoms with Crippen LogP contribution in [-0.2, 0) is 30.3 Å². The number of amides is 3. The van der Waals surface area contributed by atoms with E-state index < -0.39 is 59.2 Å². The van der Waals surface area contributed by atoms with Crippen LogP contribution in [0.15, 0.2) is 54.6 Å². The predicted molar refractivity (Wildman–Crippen MR) is 195 cm³/mol. The lowest BCUT2D eigenvalue weighted by Gasteiger charge is -2.40. The lowest BCUT2D eigenvalue weighted by molar-refractivity contribution is -0.159. The van der Waals surface area contributed by atoms with Gasteiger partial charge in [-0.25, -0.2) is 9.59 Å². The Morgan fingerprint density at radius 2 is 1.35 bits per heavy atom. The van der Waals surface area contributed by atoms with E-state index in [2.05, 4.69) is 24.5 Å². The molecular weight excluding hydrogens is 618 g/mol. The molecule has 0 aliphatic carbocycles. The zero-order chi connectivity index (χ0) is 37.1. The molecular formula is C40H61N3O6. The predicted octanol–water partition coefficient (Wildman–Crippen LogP) is 7.70. The SMILES string of the molecule is CCC(C)C(NC(=O)OC(C)(C)C)C(=O)N(C(C)CCC(C)C)C(C(=O)NC(Cc1ccccc1)C(=O)OC(C)(C)C)c1ccccc1C. The third-order valence-corrected chi connectivity index (χ3v) is 8.34. The Labute approximate surface area is 294 Å². The quantitative estimate of drug-likeness (QED) is 0.187. The molecule has 2 aromatic rings. The third kappa shape index (κ3) is 13.5. The van der Waals surface area contributed by atoms with E-state index in [0.717, 1.165) is 17.5 Å². The van der Waals surface area contributed by atoms with E-state index in [9.17, 15) is 19.2 Å². The molecule has 0 heterocycles. The van der Waals surface area contributed by atoms with Crippen LogP contribution in [0.5, 0.6) is 0 Å². The van der Waals surface area contributed by atoms with Crippen molar-refractivity contribution in [2.75, 3.05) is 0 Å². The van der Waals surface area contributed by atoms with E-state index in [-0.39, 0.29) is 12.3 Å². The monoisotopic (exact) mass is 679 g/mol. The van der Waals surface area contributed by atoms with Crippen molar-refractivity contribution in [3.05, 3.63) is 71.3 Å². The highest BCUT2D eigenvalue weighted by atomic mass is 16.6. The Hall–Kier alpha value is -3.88. The second-order valence-electron chi connectivity index (χ2n) is 15.6. The summed E-state index contributed by atoms with van der Waals surface area (Å²) in [5.41, 5.74) is 0.746. The first-order chi connectivity index (χ1) is 22.7. The molecule has 5 unspecified atom stereocenters. The van der Waals surface area contributed by atoms with Gasteiger partial charge in [-0.2, -0.15) is 0 Å². The molecule has 0 saturated carbocycles. The molecule has 2 aromatic carbocycles. The third-order valence-electron chi connectivity index (χ3n) is 8.34. The summed E-state index contributed by atoms with van der Waals surface area (Å²) in [6.07, 6.45) is 1.53. The normalized spacial score (nSPS) is 15.0. The van der Waals surface area contributed by atoms with Crippen LogP contribution in [0.3, 0.4) is 0 Å². The molecule has 272 valence electrons. The number of carbonyl (C=O) groups excluding carboxylic acids is 4. The van der Waals surface area contributed by atoms with Crippen molar-refractivity contribution < 1.29 is 28.7 Å². The minimum Gasteiger partial charge on any atom is -0.458 e. The fraction of sp³-hybridized carbons (Fsp3) is 0.600. The highest BCUT2D eigenvalue weighted by Crippen LogP contribution is 2.31. The molecule has 0 fully saturated rings. The van der Waals surface area contributed by atoms with Gasteiger partial charge in [-0.05, 0) is 96.8 Å². The molecule has 49 heavy (non-hydrogen) atoms. The van der Waals surface area contributed by atoms with Gasteiger partial charge < -0.3 is 25.0 Å². The number of carbonyl (C=O) groups is 4. The number of hydrogen-bond donors (Lipinski definition) is 2. The van der Waals surface area contributed by atoms with Gasteiger partial charge in [0.1, 0.15) is 29.3 Å². The van der Waals surface area contributed by atoms with Crippen LogP contribution in [0.25, 0.3) is 0 Å². The van der Waals surface area contributed by atoms with Crippen molar-refractivity contribution in [2.24, 2.45) is 11.8 Å². The van der Waals surface area contributed by atoms with Gasteiger partial charge in [0.15, 0.2) is 0 Å². The lowest BCUT2D eigenvalue weighted by Crippen LogP contribution is -2.58. The zero-order valence-corrected chi connectivity index (χ0v) is 31.9. The van der Waals surface area contributed by atoms with Crippen LogP contribution in [0.4, 0.5) is 4.79 Å². The molecule has 0 bridgehead atoms. The van der Waals surface area contributed by atoms with Gasteiger partial charge in [-0.1, -0.05) is 88.7 Å². The van der Waals surface area contributed by atoms with Crippen LogP contribution in [0.1, 0.15) is 118 Å². The number of esters is 1. The van der Waals surface area contributed by atoms with E-state index in [1.54, 1.807) is 46.4 Å². The number of ether oxygens (including phenoxy) is 2. The molecule has 2 N–H and O–H groups in total. The van der Waals surface area contributed by atoms with Crippen LogP contribution >= 0.6 is 0 Å². The smallest absolute Gasteiger partial charge is 0.408 e. The van der Waals surface area contributed by atoms with Crippen molar-refractivity contribution in [3.63, 3.8) is 0 Å². The van der Waals surface area contributed by atoms with Crippen LogP contribution in [-0.4, -0.2) is 58.1 Å². The zero-order valence-electron chi connectivity index (χ0n) is 31.9. The molecule has 3 amide bonds. The summed E-state index contributed by atoms with van der Waals surface area (Å²) >= 11 is 0. The van der Waals surface area contributed by atoms with Gasteiger partial charge in [0.2, 0.25) is 11.8 Å². The largest absolute Gasteiger partial charge is 0.458 e. The van der Waals surface area contributed by atoms with Gasteiger partial charge in [0.05, 0.1) is 0 Å². The summed E-state index contributed by atoms with van der Waals surface area (Å²) in [7, 11) is 0. The Kier molecular flexibility index (Phi) is 15.3. The van der Waals surface area contributed by atoms with E-state index >= 15 is 0 Å². The lowest BCUT2D eigenvalue weighted by atomic mass is 9.91. The van der Waals surface area contributed by atoms with Crippen molar-refractivity contribution in [1.82, 2.24) is 15.5 Å². The molecule has 0 spiro atoms. The highest BCUT2D eigenvalue weighted by Gasteiger charge is 2.42. The maximum atomic E-state index is 14.9. The minimum absolute atomic E-state index is 0.203. The first-order valence-electron chi connectivity index (χ1n) is 17.7. The Bertz CT molecular complexity index is 1380. The van der Waals surface area contributed by atoms with E-state index in [1.807, 2.05) is 82.3 Å². The average Bonchev–Trinajstić information content (AvgIpc) is 2.99. The van der Waals surface area contributed by atoms with Crippen molar-refractivity contribution in [3.8, 4) is 0 Å². The molecule has 9 nitrogen and oxygen atoms in total. The van der Waals surface area contributed by atoms with Gasteiger partial charge in [0, 0.05) is 12.5 Å². The molecule has 5 atom stereocenters. The van der Waals surface area contributed by atoms with Gasteiger partial charge in [0.25, 0.3) is 0 Å². The first kappa shape index (κ1) is 41.3. The number of nitrogens with zero attached hydrogens (tertiary/aromatic N) is 1. The van der Waals surface area contributed by atoms with Crippen LogP contribution in [0.2, 0.25) is 0 Å². The number of rotatable bonds is 15. The van der Waals surface area contributed by atoms with Gasteiger partial charge in [-0.3, -0.25) is 9.59 Å². The fourth-order valence-electron chi connectivity index (χ4n) is 5.57. The van der Waals surface area contributed by atoms with E-state index in [4.69, 9.17) is 9.47 Å². The summed E-state index contributed by atoms with van der Waals surface area (Å²) in [4.78, 5) is 58.1. The summed E-state index contributed by atoms with van der Waals surface area (Å²) < 4.78 is 11.3. The number of hydrogen-bond acceptors (Lipinski definition) is 6. The van der Waals surface area contributed by atoms with E-state index in [0.29, 0.717) is 24.3 Å². The number of nitrogens with one attached hydrogen (secondary N) is 2. The van der Waals surface area contributed by atoms with Crippen LogP contribution in [0, 0.1) is 18.8 Å². The number of aryl methyl sites for hydroxylation is 1. The summed E-state index contributed by atoms with van der Waals surface area (Å²) in [5, 5.41) is 5.85. The molecule has 0 radical (unpaired) electrons. The van der Waals surface area contributed by atoms with Crippen molar-refractivity contribution in [1.29, 1.82) is 0 Å². The average molecular weight is 680 g/mol. The molecule has 0 aromatic heterocycles. The number of benzene rings is 2. The van der Waals surface area contributed by atoms with Gasteiger partial charge >= 0.3 is 12.1 Å². The maximum absolute atomic E-state index is 14.9. The van der Waals surface area contributed by atoms with Gasteiger partial charge in [-0.15, -0.1) is 0 Å². The standard InChI is InChI=1S/C40H61N3O6/c1-13-27(4)33(42-38(47)49-40(10,11)12)36(45)43(29(6)24-23-26(2)3)34(31-22-18-17-19-28(31)5)35(44)41-32(37(46)48-39(7,8)9)25-30-20-15-14-16-21-30/h14-22,26-27,29,32-34H,13,23-25H2,1-12H3,(H,41,44)(H,42,47).